The van der Waals surface area contributed by atoms with Crippen molar-refractivity contribution in [3.63, 3.8) is 0 Å². The molecule has 1 N–H and O–H groups in total. The maximum Gasteiger partial charge on any atom is 0.340 e. The first kappa shape index (κ1) is 18.7. The third-order valence-corrected chi connectivity index (χ3v) is 4.73. The smallest absolute Gasteiger partial charge is 0.340 e. The van der Waals surface area contributed by atoms with Crippen molar-refractivity contribution in [1.29, 1.82) is 0 Å². The standard InChI is InChI=1S/C20H23N3O4/c1-13-11-17(14(2)23(13)12-16-7-5-4-6-8-16)19(25)27-15(3)18(24)22-10-9-21-20(22)26/h4-8,11,15H,9-10,12H2,1-3H3,(H,21,26)/t15-/m0/s1. The summed E-state index contributed by atoms with van der Waals surface area (Å²) in [6, 6.07) is 11.3. The third kappa shape index (κ3) is 3.86. The molecule has 1 atom stereocenters. The van der Waals surface area contributed by atoms with E-state index < -0.39 is 24.0 Å². The Balaban J connectivity index is 1.72. The molecule has 7 nitrogen and oxygen atoms in total. The molecule has 1 fully saturated rings. The topological polar surface area (TPSA) is 80.6 Å². The first-order valence-corrected chi connectivity index (χ1v) is 8.89. The van der Waals surface area contributed by atoms with Crippen molar-refractivity contribution < 1.29 is 19.1 Å². The number of hydrogen-bond donors (Lipinski definition) is 1. The summed E-state index contributed by atoms with van der Waals surface area (Å²) in [5.74, 6) is -1.08. The van der Waals surface area contributed by atoms with E-state index in [0.29, 0.717) is 18.7 Å². The number of ether oxygens (including phenoxy) is 1. The quantitative estimate of drug-likeness (QED) is 0.820. The second-order valence-corrected chi connectivity index (χ2v) is 6.63. The van der Waals surface area contributed by atoms with E-state index in [9.17, 15) is 14.4 Å². The van der Waals surface area contributed by atoms with Gasteiger partial charge in [0.05, 0.1) is 5.56 Å². The molecule has 1 aliphatic heterocycles. The van der Waals surface area contributed by atoms with Gasteiger partial charge in [-0.3, -0.25) is 9.69 Å². The maximum atomic E-state index is 12.6. The summed E-state index contributed by atoms with van der Waals surface area (Å²) in [7, 11) is 0. The Labute approximate surface area is 157 Å². The highest BCUT2D eigenvalue weighted by Crippen LogP contribution is 2.19. The lowest BCUT2D eigenvalue weighted by atomic mass is 10.2. The zero-order valence-electron chi connectivity index (χ0n) is 15.7. The lowest BCUT2D eigenvalue weighted by molar-refractivity contribution is -0.136. The number of carbonyl (C=O) groups is 3. The van der Waals surface area contributed by atoms with Gasteiger partial charge in [0.15, 0.2) is 6.10 Å². The fraction of sp³-hybridized carbons (Fsp3) is 0.350. The first-order chi connectivity index (χ1) is 12.9. The maximum absolute atomic E-state index is 12.6. The van der Waals surface area contributed by atoms with E-state index in [1.165, 1.54) is 6.92 Å². The van der Waals surface area contributed by atoms with E-state index >= 15 is 0 Å². The number of nitrogens with one attached hydrogen (secondary N) is 1. The van der Waals surface area contributed by atoms with Crippen molar-refractivity contribution in [1.82, 2.24) is 14.8 Å². The van der Waals surface area contributed by atoms with Gasteiger partial charge in [-0.25, -0.2) is 9.59 Å². The molecule has 0 spiro atoms. The van der Waals surface area contributed by atoms with E-state index in [-0.39, 0.29) is 6.54 Å². The van der Waals surface area contributed by atoms with Gasteiger partial charge in [0.1, 0.15) is 0 Å². The summed E-state index contributed by atoms with van der Waals surface area (Å²) in [6.07, 6.45) is -1.03. The van der Waals surface area contributed by atoms with Gasteiger partial charge in [-0.15, -0.1) is 0 Å². The van der Waals surface area contributed by atoms with Crippen molar-refractivity contribution in [3.05, 3.63) is 58.9 Å². The monoisotopic (exact) mass is 369 g/mol. The Morgan fingerprint density at radius 3 is 2.56 bits per heavy atom. The van der Waals surface area contributed by atoms with Crippen LogP contribution in [-0.4, -0.2) is 46.6 Å². The van der Waals surface area contributed by atoms with Crippen LogP contribution in [0.1, 0.15) is 34.2 Å². The molecule has 3 amide bonds. The molecule has 1 aromatic carbocycles. The summed E-state index contributed by atoms with van der Waals surface area (Å²) in [5.41, 5.74) is 3.26. The van der Waals surface area contributed by atoms with E-state index in [1.54, 1.807) is 6.07 Å². The van der Waals surface area contributed by atoms with E-state index in [2.05, 4.69) is 5.32 Å². The fourth-order valence-electron chi connectivity index (χ4n) is 3.19. The molecule has 7 heteroatoms. The average molecular weight is 369 g/mol. The van der Waals surface area contributed by atoms with Gasteiger partial charge in [0, 0.05) is 31.0 Å². The van der Waals surface area contributed by atoms with Crippen molar-refractivity contribution in [3.8, 4) is 0 Å². The zero-order valence-corrected chi connectivity index (χ0v) is 15.7. The number of benzene rings is 1. The summed E-state index contributed by atoms with van der Waals surface area (Å²) in [5, 5.41) is 2.56. The molecule has 3 rings (SSSR count). The number of carbonyl (C=O) groups excluding carboxylic acids is 3. The van der Waals surface area contributed by atoms with Crippen LogP contribution in [-0.2, 0) is 16.1 Å². The Bertz CT molecular complexity index is 873. The van der Waals surface area contributed by atoms with Gasteiger partial charge < -0.3 is 14.6 Å². The number of rotatable bonds is 5. The van der Waals surface area contributed by atoms with E-state index in [1.807, 2.05) is 48.7 Å². The Kier molecular flexibility index (Phi) is 5.30. The van der Waals surface area contributed by atoms with Crippen LogP contribution in [0.2, 0.25) is 0 Å². The van der Waals surface area contributed by atoms with Crippen molar-refractivity contribution in [2.45, 2.75) is 33.4 Å². The molecule has 0 aliphatic carbocycles. The SMILES string of the molecule is Cc1cc(C(=O)O[C@@H](C)C(=O)N2CCNC2=O)c(C)n1Cc1ccccc1. The van der Waals surface area contributed by atoms with Gasteiger partial charge in [-0.2, -0.15) is 0 Å². The van der Waals surface area contributed by atoms with E-state index in [4.69, 9.17) is 4.74 Å². The molecular weight excluding hydrogens is 346 g/mol. The van der Waals surface area contributed by atoms with Crippen LogP contribution >= 0.6 is 0 Å². The summed E-state index contributed by atoms with van der Waals surface area (Å²) in [6.45, 7) is 6.60. The molecule has 1 saturated heterocycles. The molecule has 0 unspecified atom stereocenters. The van der Waals surface area contributed by atoms with Crippen LogP contribution in [0.4, 0.5) is 4.79 Å². The number of aromatic nitrogens is 1. The molecule has 0 saturated carbocycles. The lowest BCUT2D eigenvalue weighted by Crippen LogP contribution is -2.41. The molecule has 2 heterocycles. The Hall–Kier alpha value is -3.09. The largest absolute Gasteiger partial charge is 0.449 e. The van der Waals surface area contributed by atoms with Crippen molar-refractivity contribution in [2.75, 3.05) is 13.1 Å². The summed E-state index contributed by atoms with van der Waals surface area (Å²) >= 11 is 0. The number of esters is 1. The summed E-state index contributed by atoms with van der Waals surface area (Å²) in [4.78, 5) is 37.6. The number of hydrogen-bond acceptors (Lipinski definition) is 4. The molecule has 0 bridgehead atoms. The predicted octanol–water partition coefficient (Wildman–Crippen LogP) is 2.25. The Morgan fingerprint density at radius 2 is 1.93 bits per heavy atom. The average Bonchev–Trinajstić information content (AvgIpc) is 3.20. The molecule has 27 heavy (non-hydrogen) atoms. The first-order valence-electron chi connectivity index (χ1n) is 8.89. The van der Waals surface area contributed by atoms with Gasteiger partial charge >= 0.3 is 12.0 Å². The highest BCUT2D eigenvalue weighted by atomic mass is 16.5. The molecule has 142 valence electrons. The number of urea groups is 1. The number of nitrogens with zero attached hydrogens (tertiary/aromatic N) is 2. The Morgan fingerprint density at radius 1 is 1.22 bits per heavy atom. The minimum atomic E-state index is -1.03. The highest BCUT2D eigenvalue weighted by Gasteiger charge is 2.32. The van der Waals surface area contributed by atoms with Crippen LogP contribution in [0, 0.1) is 13.8 Å². The second kappa shape index (κ2) is 7.65. The molecule has 1 aliphatic rings. The predicted molar refractivity (Wildman–Crippen MR) is 99.4 cm³/mol. The molecule has 0 radical (unpaired) electrons. The third-order valence-electron chi connectivity index (χ3n) is 4.73. The fourth-order valence-corrected chi connectivity index (χ4v) is 3.19. The number of imide groups is 1. The number of amides is 3. The molecule has 1 aromatic heterocycles. The number of aryl methyl sites for hydroxylation is 1. The van der Waals surface area contributed by atoms with E-state index in [0.717, 1.165) is 21.9 Å². The van der Waals surface area contributed by atoms with Gasteiger partial charge in [-0.05, 0) is 32.4 Å². The highest BCUT2D eigenvalue weighted by molar-refractivity contribution is 5.99. The van der Waals surface area contributed by atoms with Gasteiger partial charge in [0.25, 0.3) is 5.91 Å². The van der Waals surface area contributed by atoms with Gasteiger partial charge in [0.2, 0.25) is 0 Å². The second-order valence-electron chi connectivity index (χ2n) is 6.63. The van der Waals surface area contributed by atoms with Crippen LogP contribution in [0.5, 0.6) is 0 Å². The van der Waals surface area contributed by atoms with Gasteiger partial charge in [-0.1, -0.05) is 30.3 Å². The van der Waals surface area contributed by atoms with Crippen LogP contribution in [0.25, 0.3) is 0 Å². The minimum absolute atomic E-state index is 0.283. The summed E-state index contributed by atoms with van der Waals surface area (Å²) < 4.78 is 7.37. The minimum Gasteiger partial charge on any atom is -0.449 e. The normalized spacial score (nSPS) is 14.8. The lowest BCUT2D eigenvalue weighted by Gasteiger charge is -2.18. The molecule has 2 aromatic rings. The van der Waals surface area contributed by atoms with Crippen LogP contribution < -0.4 is 5.32 Å². The zero-order chi connectivity index (χ0) is 19.6. The molecular formula is C20H23N3O4. The van der Waals surface area contributed by atoms with Crippen molar-refractivity contribution in [2.24, 2.45) is 0 Å². The van der Waals surface area contributed by atoms with Crippen molar-refractivity contribution >= 4 is 17.9 Å². The van der Waals surface area contributed by atoms with Crippen LogP contribution in [0.3, 0.4) is 0 Å². The van der Waals surface area contributed by atoms with Crippen LogP contribution in [0.15, 0.2) is 36.4 Å².